The molecule has 346 valence electrons. The third-order valence-electron chi connectivity index (χ3n) is 13.3. The largest absolute Gasteiger partial charge is 0.437 e. The van der Waals surface area contributed by atoms with Gasteiger partial charge in [0.2, 0.25) is 11.5 Å². The number of aliphatic hydroxyl groups is 7. The van der Waals surface area contributed by atoms with Gasteiger partial charge in [-0.1, -0.05) is 103 Å². The van der Waals surface area contributed by atoms with Crippen molar-refractivity contribution in [2.24, 2.45) is 0 Å². The fourth-order valence-electron chi connectivity index (χ4n) is 9.24. The van der Waals surface area contributed by atoms with Crippen LogP contribution in [0.2, 0.25) is 0 Å². The first kappa shape index (κ1) is 46.0. The summed E-state index contributed by atoms with van der Waals surface area (Å²) in [5, 5.41) is 87.1. The fourth-order valence-corrected chi connectivity index (χ4v) is 9.24. The van der Waals surface area contributed by atoms with Crippen molar-refractivity contribution < 1.29 is 40.2 Å². The molecule has 0 radical (unpaired) electrons. The van der Waals surface area contributed by atoms with Gasteiger partial charge in [-0.2, -0.15) is 0 Å². The maximum atomic E-state index is 12.4. The number of para-hydroxylation sites is 1. The number of nitrogens with zero attached hydrogens (tertiary/aromatic N) is 4. The Labute approximate surface area is 403 Å². The number of aryl methyl sites for hydroxylation is 3. The Balaban J connectivity index is 1.09. The third-order valence-corrected chi connectivity index (χ3v) is 13.3. The topological polar surface area (TPSA) is 206 Å². The summed E-state index contributed by atoms with van der Waals surface area (Å²) in [6.45, 7) is 5.19. The van der Waals surface area contributed by atoms with Crippen LogP contribution in [0, 0.1) is 20.8 Å². The van der Waals surface area contributed by atoms with E-state index in [0.29, 0.717) is 50.6 Å². The molecular weight excluding hydrogens is 879 g/mol. The first-order valence-electron chi connectivity index (χ1n) is 22.6. The number of fused-ring (bicyclic) bond motifs is 3. The van der Waals surface area contributed by atoms with E-state index in [-0.39, 0.29) is 22.3 Å². The van der Waals surface area contributed by atoms with Gasteiger partial charge in [-0.15, -0.1) is 0 Å². The Morgan fingerprint density at radius 1 is 0.429 bits per heavy atom. The van der Waals surface area contributed by atoms with Gasteiger partial charge in [-0.05, 0) is 103 Å². The van der Waals surface area contributed by atoms with E-state index in [1.165, 1.54) is 26.2 Å². The fraction of sp³-hybridized carbons (Fsp3) is 0.123. The highest BCUT2D eigenvalue weighted by Gasteiger charge is 2.53. The molecule has 0 spiro atoms. The van der Waals surface area contributed by atoms with E-state index in [9.17, 15) is 35.7 Å². The number of pyridine rings is 4. The van der Waals surface area contributed by atoms with Gasteiger partial charge in [0, 0.05) is 79.6 Å². The molecule has 12 nitrogen and oxygen atoms in total. The third kappa shape index (κ3) is 7.85. The molecule has 0 aliphatic carbocycles. The van der Waals surface area contributed by atoms with Crippen molar-refractivity contribution in [2.45, 2.75) is 43.6 Å². The maximum Gasteiger partial charge on any atom is 0.252 e. The zero-order valence-corrected chi connectivity index (χ0v) is 38.6. The number of aromatic nitrogens is 4. The summed E-state index contributed by atoms with van der Waals surface area (Å²) in [6, 6.07) is 46.3. The van der Waals surface area contributed by atoms with E-state index in [1.54, 1.807) is 44.3 Å². The SMILES string of the molecule is BC(O)(c1cnc(-c2ccccc2)cc1C)C(O)(O)c1cc(-c2ccccc2-c2ccc(-c3cccc4c3oc3nc(C)ccc34)nc2)cc(C(O)(O)C(O)(O)c2cnc(-c3ccccc3)cc2C)c1. The van der Waals surface area contributed by atoms with Gasteiger partial charge in [0.15, 0.2) is 7.85 Å². The number of hydrogen-bond acceptors (Lipinski definition) is 12. The number of furan rings is 1. The lowest BCUT2D eigenvalue weighted by atomic mass is 9.66. The second-order valence-electron chi connectivity index (χ2n) is 18.0. The Morgan fingerprint density at radius 3 is 1.56 bits per heavy atom. The van der Waals surface area contributed by atoms with E-state index in [4.69, 9.17) is 9.40 Å². The minimum absolute atomic E-state index is 0.0681. The van der Waals surface area contributed by atoms with Crippen LogP contribution in [0.15, 0.2) is 181 Å². The van der Waals surface area contributed by atoms with Crippen LogP contribution in [0.25, 0.3) is 78.1 Å². The van der Waals surface area contributed by atoms with Crippen LogP contribution < -0.4 is 0 Å². The van der Waals surface area contributed by atoms with Gasteiger partial charge in [0.25, 0.3) is 11.6 Å². The molecule has 0 fully saturated rings. The van der Waals surface area contributed by atoms with Crippen LogP contribution in [0.5, 0.6) is 0 Å². The van der Waals surface area contributed by atoms with Crippen molar-refractivity contribution in [1.82, 2.24) is 19.9 Å². The summed E-state index contributed by atoms with van der Waals surface area (Å²) in [7, 11) is 1.22. The standard InChI is InChI=1S/C57H47BN4O8/c1-33-25-50(36-13-6-4-7-14-36)60-31-47(33)54(58,63)55(64,65)40-27-39(28-41(29-40)56(66,67)57(68,69)48-32-61-51(26-34(48)2)37-15-8-5-9-16-37)43-18-11-10-17-42(43)38-22-24-49(59-30-38)46-20-12-19-44-45-23-21-35(3)62-53(45)70-52(44)46/h4-32,63-69H,58H2,1-3H3. The minimum Gasteiger partial charge on any atom is -0.437 e. The normalized spacial score (nSPS) is 13.2. The van der Waals surface area contributed by atoms with E-state index in [0.717, 1.165) is 45.4 Å². The summed E-state index contributed by atoms with van der Waals surface area (Å²) in [5.74, 6) is -10.2. The highest BCUT2D eigenvalue weighted by atomic mass is 16.6. The number of hydrogen-bond donors (Lipinski definition) is 7. The predicted molar refractivity (Wildman–Crippen MR) is 270 cm³/mol. The molecule has 0 amide bonds. The van der Waals surface area contributed by atoms with Crippen molar-refractivity contribution in [2.75, 3.05) is 0 Å². The minimum atomic E-state index is -3.54. The van der Waals surface area contributed by atoms with E-state index >= 15 is 0 Å². The second-order valence-corrected chi connectivity index (χ2v) is 18.0. The smallest absolute Gasteiger partial charge is 0.252 e. The van der Waals surface area contributed by atoms with E-state index in [1.807, 2.05) is 122 Å². The molecule has 0 saturated carbocycles. The quantitative estimate of drug-likeness (QED) is 0.0487. The van der Waals surface area contributed by atoms with E-state index in [2.05, 4.69) is 15.0 Å². The van der Waals surface area contributed by atoms with Gasteiger partial charge in [-0.25, -0.2) is 4.98 Å². The molecule has 13 heteroatoms. The van der Waals surface area contributed by atoms with Gasteiger partial charge in [-0.3, -0.25) is 15.0 Å². The van der Waals surface area contributed by atoms with Gasteiger partial charge in [0.1, 0.15) is 11.1 Å². The summed E-state index contributed by atoms with van der Waals surface area (Å²) < 4.78 is 6.26. The molecular formula is C57H47BN4O8. The van der Waals surface area contributed by atoms with Crippen molar-refractivity contribution in [3.8, 4) is 56.0 Å². The molecule has 7 N–H and O–H groups in total. The van der Waals surface area contributed by atoms with Crippen LogP contribution >= 0.6 is 0 Å². The Kier molecular flexibility index (Phi) is 11.4. The van der Waals surface area contributed by atoms with Gasteiger partial charge in [0.05, 0.1) is 17.1 Å². The monoisotopic (exact) mass is 926 g/mol. The van der Waals surface area contributed by atoms with Crippen molar-refractivity contribution >= 4 is 29.9 Å². The lowest BCUT2D eigenvalue weighted by Crippen LogP contribution is -2.52. The molecule has 5 heterocycles. The molecule has 10 rings (SSSR count). The molecule has 5 aromatic heterocycles. The van der Waals surface area contributed by atoms with Crippen LogP contribution in [0.3, 0.4) is 0 Å². The average molecular weight is 927 g/mol. The number of rotatable bonds is 11. The zero-order valence-electron chi connectivity index (χ0n) is 38.6. The molecule has 0 aliphatic rings. The predicted octanol–water partition coefficient (Wildman–Crippen LogP) is 8.02. The van der Waals surface area contributed by atoms with E-state index < -0.39 is 34.0 Å². The number of benzene rings is 5. The Hall–Kier alpha value is -7.72. The summed E-state index contributed by atoms with van der Waals surface area (Å²) in [4.78, 5) is 18.4. The van der Waals surface area contributed by atoms with Crippen molar-refractivity contribution in [3.63, 3.8) is 0 Å². The average Bonchev–Trinajstić information content (AvgIpc) is 3.74. The first-order valence-corrected chi connectivity index (χ1v) is 22.6. The maximum absolute atomic E-state index is 12.4. The van der Waals surface area contributed by atoms with Crippen molar-refractivity contribution in [3.05, 3.63) is 215 Å². The Bertz CT molecular complexity index is 3470. The van der Waals surface area contributed by atoms with Crippen LogP contribution in [-0.2, 0) is 22.9 Å². The molecule has 0 bridgehead atoms. The van der Waals surface area contributed by atoms with Gasteiger partial charge >= 0.3 is 0 Å². The highest BCUT2D eigenvalue weighted by molar-refractivity contribution is 6.15. The molecule has 1 atom stereocenters. The first-order chi connectivity index (χ1) is 33.5. The second kappa shape index (κ2) is 17.4. The summed E-state index contributed by atoms with van der Waals surface area (Å²) >= 11 is 0. The molecule has 0 aliphatic heterocycles. The van der Waals surface area contributed by atoms with Crippen LogP contribution in [0.1, 0.15) is 39.1 Å². The Morgan fingerprint density at radius 2 is 0.971 bits per heavy atom. The molecule has 70 heavy (non-hydrogen) atoms. The van der Waals surface area contributed by atoms with Gasteiger partial charge < -0.3 is 40.2 Å². The summed E-state index contributed by atoms with van der Waals surface area (Å²) in [6.07, 6.45) is 4.21. The highest BCUT2D eigenvalue weighted by Crippen LogP contribution is 2.46. The molecule has 5 aromatic carbocycles. The van der Waals surface area contributed by atoms with Crippen molar-refractivity contribution in [1.29, 1.82) is 0 Å². The lowest BCUT2D eigenvalue weighted by Gasteiger charge is -2.40. The van der Waals surface area contributed by atoms with Crippen LogP contribution in [0.4, 0.5) is 0 Å². The molecule has 1 unspecified atom stereocenters. The van der Waals surface area contributed by atoms with Crippen LogP contribution in [-0.4, -0.2) is 63.5 Å². The lowest BCUT2D eigenvalue weighted by molar-refractivity contribution is -0.375. The summed E-state index contributed by atoms with van der Waals surface area (Å²) in [5.41, 5.74) is 5.00. The molecule has 0 saturated heterocycles. The zero-order chi connectivity index (χ0) is 49.2. The molecule has 10 aromatic rings.